The van der Waals surface area contributed by atoms with Crippen LogP contribution in [-0.2, 0) is 6.54 Å². The van der Waals surface area contributed by atoms with Crippen molar-refractivity contribution in [2.24, 2.45) is 5.92 Å². The van der Waals surface area contributed by atoms with Crippen LogP contribution in [0.1, 0.15) is 24.8 Å². The van der Waals surface area contributed by atoms with Gasteiger partial charge < -0.3 is 0 Å². The number of hydrogen-bond donors (Lipinski definition) is 0. The minimum atomic E-state index is 0.767. The number of alkyl halides is 1. The molecule has 1 aromatic carbocycles. The topological polar surface area (TPSA) is 3.24 Å². The van der Waals surface area contributed by atoms with E-state index in [2.05, 4.69) is 20.8 Å². The molecular weight excluding hydrogens is 333 g/mol. The summed E-state index contributed by atoms with van der Waals surface area (Å²) in [5, 5.41) is 2.69. The maximum atomic E-state index is 6.22. The highest BCUT2D eigenvalue weighted by Gasteiger charge is 2.20. The molecule has 1 fully saturated rings. The van der Waals surface area contributed by atoms with Gasteiger partial charge in [0, 0.05) is 28.5 Å². The summed E-state index contributed by atoms with van der Waals surface area (Å²) in [7, 11) is 0. The number of likely N-dealkylation sites (tertiary alicyclic amines) is 1. The number of nitrogens with zero attached hydrogens (tertiary/aromatic N) is 1. The molecule has 100 valence electrons. The first-order valence-corrected chi connectivity index (χ1v) is 8.29. The molecule has 1 aliphatic heterocycles. The molecule has 1 nitrogen and oxygen atoms in total. The van der Waals surface area contributed by atoms with Crippen LogP contribution in [0.25, 0.3) is 0 Å². The molecule has 1 atom stereocenters. The number of halogens is 3. The molecule has 0 bridgehead atoms. The molecule has 2 rings (SSSR count). The zero-order valence-corrected chi connectivity index (χ0v) is 13.4. The van der Waals surface area contributed by atoms with Crippen molar-refractivity contribution in [1.82, 2.24) is 4.90 Å². The van der Waals surface area contributed by atoms with Crippen molar-refractivity contribution in [3.8, 4) is 0 Å². The lowest BCUT2D eigenvalue weighted by Gasteiger charge is -2.32. The standard InChI is InChI=1S/C14H18BrCl2N/c15-6-5-11-2-1-7-18(9-11)10-12-8-13(16)3-4-14(12)17/h3-4,8,11H,1-2,5-7,9-10H2. The minimum Gasteiger partial charge on any atom is -0.299 e. The molecule has 0 aliphatic carbocycles. The first kappa shape index (κ1) is 14.6. The lowest BCUT2D eigenvalue weighted by atomic mass is 9.95. The van der Waals surface area contributed by atoms with Crippen molar-refractivity contribution in [3.63, 3.8) is 0 Å². The quantitative estimate of drug-likeness (QED) is 0.691. The van der Waals surface area contributed by atoms with E-state index in [1.807, 2.05) is 18.2 Å². The van der Waals surface area contributed by atoms with Gasteiger partial charge in [-0.3, -0.25) is 4.90 Å². The second-order valence-electron chi connectivity index (χ2n) is 4.96. The fourth-order valence-corrected chi connectivity index (χ4v) is 3.61. The van der Waals surface area contributed by atoms with Crippen LogP contribution in [0.3, 0.4) is 0 Å². The Morgan fingerprint density at radius 1 is 1.33 bits per heavy atom. The van der Waals surface area contributed by atoms with E-state index >= 15 is 0 Å². The molecule has 0 spiro atoms. The predicted octanol–water partition coefficient (Wildman–Crippen LogP) is 4.99. The van der Waals surface area contributed by atoms with E-state index in [0.29, 0.717) is 0 Å². The first-order chi connectivity index (χ1) is 8.69. The predicted molar refractivity (Wildman–Crippen MR) is 82.9 cm³/mol. The van der Waals surface area contributed by atoms with Crippen LogP contribution in [0.5, 0.6) is 0 Å². The molecular formula is C14H18BrCl2N. The van der Waals surface area contributed by atoms with E-state index in [9.17, 15) is 0 Å². The van der Waals surface area contributed by atoms with E-state index in [4.69, 9.17) is 23.2 Å². The third-order valence-corrected chi connectivity index (χ3v) is 4.58. The second-order valence-corrected chi connectivity index (χ2v) is 6.59. The summed E-state index contributed by atoms with van der Waals surface area (Å²) in [4.78, 5) is 2.49. The normalized spacial score (nSPS) is 21.2. The van der Waals surface area contributed by atoms with E-state index in [-0.39, 0.29) is 0 Å². The molecule has 0 saturated carbocycles. The third-order valence-electron chi connectivity index (χ3n) is 3.52. The maximum absolute atomic E-state index is 6.22. The maximum Gasteiger partial charge on any atom is 0.0452 e. The van der Waals surface area contributed by atoms with Gasteiger partial charge in [-0.1, -0.05) is 39.1 Å². The summed E-state index contributed by atoms with van der Waals surface area (Å²) in [5.41, 5.74) is 1.14. The molecule has 0 amide bonds. The van der Waals surface area contributed by atoms with E-state index in [0.717, 1.165) is 33.4 Å². The molecule has 1 aromatic rings. The Labute approximate surface area is 128 Å². The van der Waals surface area contributed by atoms with Crippen LogP contribution in [0.2, 0.25) is 10.0 Å². The Balaban J connectivity index is 1.98. The lowest BCUT2D eigenvalue weighted by molar-refractivity contribution is 0.165. The van der Waals surface area contributed by atoms with Gasteiger partial charge in [0.2, 0.25) is 0 Å². The summed E-state index contributed by atoms with van der Waals surface area (Å²) in [5.74, 6) is 0.816. The zero-order valence-electron chi connectivity index (χ0n) is 10.3. The van der Waals surface area contributed by atoms with Crippen molar-refractivity contribution < 1.29 is 0 Å². The van der Waals surface area contributed by atoms with Gasteiger partial charge in [-0.25, -0.2) is 0 Å². The minimum absolute atomic E-state index is 0.767. The van der Waals surface area contributed by atoms with Crippen molar-refractivity contribution in [1.29, 1.82) is 0 Å². The lowest BCUT2D eigenvalue weighted by Crippen LogP contribution is -2.35. The SMILES string of the molecule is Clc1ccc(Cl)c(CN2CCCC(CCBr)C2)c1. The average molecular weight is 351 g/mol. The fourth-order valence-electron chi connectivity index (χ4n) is 2.59. The Morgan fingerprint density at radius 3 is 2.94 bits per heavy atom. The summed E-state index contributed by atoms with van der Waals surface area (Å²) < 4.78 is 0. The van der Waals surface area contributed by atoms with Crippen molar-refractivity contribution >= 4 is 39.1 Å². The largest absolute Gasteiger partial charge is 0.299 e. The van der Waals surface area contributed by atoms with Gasteiger partial charge in [0.25, 0.3) is 0 Å². The van der Waals surface area contributed by atoms with Crippen molar-refractivity contribution in [2.75, 3.05) is 18.4 Å². The van der Waals surface area contributed by atoms with Gasteiger partial charge in [0.1, 0.15) is 0 Å². The highest BCUT2D eigenvalue weighted by molar-refractivity contribution is 9.09. The van der Waals surface area contributed by atoms with E-state index in [1.54, 1.807) is 0 Å². The fraction of sp³-hybridized carbons (Fsp3) is 0.571. The number of hydrogen-bond acceptors (Lipinski definition) is 1. The first-order valence-electron chi connectivity index (χ1n) is 6.41. The van der Waals surface area contributed by atoms with Gasteiger partial charge in [0.15, 0.2) is 0 Å². The van der Waals surface area contributed by atoms with Crippen molar-refractivity contribution in [2.45, 2.75) is 25.8 Å². The van der Waals surface area contributed by atoms with E-state index in [1.165, 1.54) is 32.4 Å². The molecule has 0 N–H and O–H groups in total. The van der Waals surface area contributed by atoms with Crippen LogP contribution in [0, 0.1) is 5.92 Å². The molecule has 0 radical (unpaired) electrons. The van der Waals surface area contributed by atoms with Crippen LogP contribution >= 0.6 is 39.1 Å². The molecule has 1 heterocycles. The van der Waals surface area contributed by atoms with Crippen molar-refractivity contribution in [3.05, 3.63) is 33.8 Å². The Kier molecular flexibility index (Phi) is 5.81. The average Bonchev–Trinajstić information content (AvgIpc) is 2.35. The Morgan fingerprint density at radius 2 is 2.17 bits per heavy atom. The molecule has 4 heteroatoms. The highest BCUT2D eigenvalue weighted by Crippen LogP contribution is 2.26. The summed E-state index contributed by atoms with van der Waals surface area (Å²) >= 11 is 15.8. The molecule has 1 saturated heterocycles. The van der Waals surface area contributed by atoms with Gasteiger partial charge in [-0.2, -0.15) is 0 Å². The zero-order chi connectivity index (χ0) is 13.0. The number of rotatable bonds is 4. The molecule has 0 aromatic heterocycles. The molecule has 1 aliphatic rings. The highest BCUT2D eigenvalue weighted by atomic mass is 79.9. The molecule has 18 heavy (non-hydrogen) atoms. The molecule has 1 unspecified atom stereocenters. The van der Waals surface area contributed by atoms with Crippen LogP contribution in [0.15, 0.2) is 18.2 Å². The monoisotopic (exact) mass is 349 g/mol. The van der Waals surface area contributed by atoms with Gasteiger partial charge in [-0.05, 0) is 55.5 Å². The van der Waals surface area contributed by atoms with Gasteiger partial charge in [-0.15, -0.1) is 0 Å². The third kappa shape index (κ3) is 4.12. The van der Waals surface area contributed by atoms with Gasteiger partial charge in [0.05, 0.1) is 0 Å². The van der Waals surface area contributed by atoms with Crippen LogP contribution in [0.4, 0.5) is 0 Å². The van der Waals surface area contributed by atoms with Crippen LogP contribution in [-0.4, -0.2) is 23.3 Å². The Bertz CT molecular complexity index is 395. The van der Waals surface area contributed by atoms with E-state index < -0.39 is 0 Å². The summed E-state index contributed by atoms with van der Waals surface area (Å²) in [6, 6.07) is 5.72. The number of piperidine rings is 1. The Hall–Kier alpha value is 0.240. The summed E-state index contributed by atoms with van der Waals surface area (Å²) in [6.07, 6.45) is 3.90. The smallest absolute Gasteiger partial charge is 0.0452 e. The van der Waals surface area contributed by atoms with Gasteiger partial charge >= 0.3 is 0 Å². The number of benzene rings is 1. The summed E-state index contributed by atoms with van der Waals surface area (Å²) in [6.45, 7) is 3.26. The second kappa shape index (κ2) is 7.14. The van der Waals surface area contributed by atoms with Crippen LogP contribution < -0.4 is 0 Å².